The van der Waals surface area contributed by atoms with Crippen LogP contribution in [-0.2, 0) is 16.1 Å². The summed E-state index contributed by atoms with van der Waals surface area (Å²) in [4.78, 5) is 20.4. The van der Waals surface area contributed by atoms with Crippen LogP contribution in [0, 0.1) is 5.92 Å². The van der Waals surface area contributed by atoms with E-state index in [9.17, 15) is 4.79 Å². The number of hydrogen-bond donors (Lipinski definition) is 1. The molecule has 32 heavy (non-hydrogen) atoms. The Bertz CT molecular complexity index is 1200. The Morgan fingerprint density at radius 1 is 1.19 bits per heavy atom. The smallest absolute Gasteiger partial charge is 0.254 e. The van der Waals surface area contributed by atoms with Gasteiger partial charge in [-0.05, 0) is 42.7 Å². The molecule has 0 spiro atoms. The molecule has 1 amide bonds. The fraction of sp³-hybridized carbons (Fsp3) is 0.385. The van der Waals surface area contributed by atoms with Crippen molar-refractivity contribution >= 4 is 22.6 Å². The van der Waals surface area contributed by atoms with Gasteiger partial charge in [0.05, 0.1) is 24.8 Å². The van der Waals surface area contributed by atoms with Gasteiger partial charge in [0.15, 0.2) is 0 Å². The molecule has 0 radical (unpaired) electrons. The minimum atomic E-state index is -0.0746. The first-order valence-corrected chi connectivity index (χ1v) is 11.4. The number of nitrogens with zero attached hydrogens (tertiary/aromatic N) is 2. The van der Waals surface area contributed by atoms with Gasteiger partial charge < -0.3 is 20.1 Å². The van der Waals surface area contributed by atoms with E-state index in [1.165, 1.54) is 5.56 Å². The van der Waals surface area contributed by atoms with Gasteiger partial charge in [-0.2, -0.15) is 0 Å². The van der Waals surface area contributed by atoms with E-state index in [4.69, 9.17) is 15.2 Å². The predicted molar refractivity (Wildman–Crippen MR) is 122 cm³/mol. The highest BCUT2D eigenvalue weighted by Gasteiger charge is 2.46. The van der Waals surface area contributed by atoms with Crippen molar-refractivity contribution in [1.29, 1.82) is 0 Å². The van der Waals surface area contributed by atoms with Gasteiger partial charge in [0, 0.05) is 47.5 Å². The van der Waals surface area contributed by atoms with Crippen LogP contribution in [0.5, 0.6) is 0 Å². The monoisotopic (exact) mass is 429 g/mol. The van der Waals surface area contributed by atoms with Gasteiger partial charge in [-0.25, -0.2) is 4.98 Å². The highest BCUT2D eigenvalue weighted by atomic mass is 16.5. The minimum absolute atomic E-state index is 0.0746. The first kappa shape index (κ1) is 19.7. The van der Waals surface area contributed by atoms with Gasteiger partial charge in [0.1, 0.15) is 5.82 Å². The SMILES string of the molecule is C[C@H]1OCc2c1c(N)nc1ccc(C(=O)N3CC(c4ccccc4)C4COCCC43)cc21. The van der Waals surface area contributed by atoms with Gasteiger partial charge in [-0.15, -0.1) is 0 Å². The first-order chi connectivity index (χ1) is 15.6. The number of pyridine rings is 1. The number of ether oxygens (including phenoxy) is 2. The highest BCUT2D eigenvalue weighted by Crippen LogP contribution is 2.42. The maximum atomic E-state index is 13.8. The number of likely N-dealkylation sites (tertiary alicyclic amines) is 1. The van der Waals surface area contributed by atoms with Crippen LogP contribution in [0.1, 0.15) is 52.4 Å². The Hall–Kier alpha value is -2.96. The number of nitrogen functional groups attached to an aromatic ring is 1. The second-order valence-electron chi connectivity index (χ2n) is 9.14. The van der Waals surface area contributed by atoms with Crippen LogP contribution in [0.3, 0.4) is 0 Å². The average Bonchev–Trinajstić information content (AvgIpc) is 3.41. The molecule has 2 fully saturated rings. The van der Waals surface area contributed by atoms with Crippen molar-refractivity contribution in [2.45, 2.75) is 38.0 Å². The molecule has 3 aromatic rings. The lowest BCUT2D eigenvalue weighted by Crippen LogP contribution is -2.42. The topological polar surface area (TPSA) is 77.7 Å². The third-order valence-electron chi connectivity index (χ3n) is 7.46. The summed E-state index contributed by atoms with van der Waals surface area (Å²) < 4.78 is 11.6. The number of amides is 1. The minimum Gasteiger partial charge on any atom is -0.383 e. The number of benzene rings is 2. The molecular formula is C26H27N3O3. The average molecular weight is 430 g/mol. The zero-order valence-corrected chi connectivity index (χ0v) is 18.2. The van der Waals surface area contributed by atoms with Gasteiger partial charge >= 0.3 is 0 Å². The van der Waals surface area contributed by atoms with Crippen LogP contribution in [0.15, 0.2) is 48.5 Å². The number of anilines is 1. The van der Waals surface area contributed by atoms with Crippen molar-refractivity contribution in [3.8, 4) is 0 Å². The van der Waals surface area contributed by atoms with Crippen LogP contribution in [0.25, 0.3) is 10.9 Å². The van der Waals surface area contributed by atoms with Crippen molar-refractivity contribution in [1.82, 2.24) is 9.88 Å². The van der Waals surface area contributed by atoms with E-state index in [1.54, 1.807) is 0 Å². The third-order valence-corrected chi connectivity index (χ3v) is 7.46. The number of rotatable bonds is 2. The van der Waals surface area contributed by atoms with Gasteiger partial charge in [0.2, 0.25) is 0 Å². The van der Waals surface area contributed by atoms with E-state index >= 15 is 0 Å². The van der Waals surface area contributed by atoms with Gasteiger partial charge in [-0.1, -0.05) is 30.3 Å². The maximum absolute atomic E-state index is 13.8. The lowest BCUT2D eigenvalue weighted by atomic mass is 9.84. The molecule has 3 unspecified atom stereocenters. The molecule has 4 atom stereocenters. The van der Waals surface area contributed by atoms with Gasteiger partial charge in [-0.3, -0.25) is 4.79 Å². The molecular weight excluding hydrogens is 402 g/mol. The summed E-state index contributed by atoms with van der Waals surface area (Å²) in [5, 5.41) is 0.965. The Kier molecular flexibility index (Phi) is 4.66. The van der Waals surface area contributed by atoms with Crippen LogP contribution in [0.4, 0.5) is 5.82 Å². The fourth-order valence-corrected chi connectivity index (χ4v) is 5.85. The molecule has 164 valence electrons. The summed E-state index contributed by atoms with van der Waals surface area (Å²) in [7, 11) is 0. The second-order valence-corrected chi connectivity index (χ2v) is 9.14. The molecule has 2 N–H and O–H groups in total. The summed E-state index contributed by atoms with van der Waals surface area (Å²) in [5.74, 6) is 1.23. The van der Waals surface area contributed by atoms with E-state index in [1.807, 2.05) is 31.2 Å². The Balaban J connectivity index is 1.37. The highest BCUT2D eigenvalue weighted by molar-refractivity contribution is 5.99. The molecule has 0 aliphatic carbocycles. The zero-order chi connectivity index (χ0) is 21.8. The largest absolute Gasteiger partial charge is 0.383 e. The molecule has 0 saturated carbocycles. The van der Waals surface area contributed by atoms with Crippen molar-refractivity contribution in [3.05, 3.63) is 70.8 Å². The number of aromatic nitrogens is 1. The number of fused-ring (bicyclic) bond motifs is 4. The van der Waals surface area contributed by atoms with Crippen LogP contribution >= 0.6 is 0 Å². The van der Waals surface area contributed by atoms with Crippen molar-refractivity contribution in [2.24, 2.45) is 5.92 Å². The maximum Gasteiger partial charge on any atom is 0.254 e. The van der Waals surface area contributed by atoms with Crippen LogP contribution in [0.2, 0.25) is 0 Å². The summed E-state index contributed by atoms with van der Waals surface area (Å²) in [6, 6.07) is 16.5. The Morgan fingerprint density at radius 3 is 2.88 bits per heavy atom. The molecule has 6 heteroatoms. The molecule has 2 aromatic carbocycles. The number of carbonyl (C=O) groups is 1. The van der Waals surface area contributed by atoms with E-state index in [2.05, 4.69) is 34.1 Å². The van der Waals surface area contributed by atoms with Crippen molar-refractivity contribution in [3.63, 3.8) is 0 Å². The normalized spacial score (nSPS) is 26.8. The van der Waals surface area contributed by atoms with Crippen LogP contribution < -0.4 is 5.73 Å². The third kappa shape index (κ3) is 3.01. The zero-order valence-electron chi connectivity index (χ0n) is 18.2. The molecule has 6 rings (SSSR count). The van der Waals surface area contributed by atoms with Crippen molar-refractivity contribution in [2.75, 3.05) is 25.5 Å². The molecule has 0 bridgehead atoms. The second kappa shape index (κ2) is 7.57. The summed E-state index contributed by atoms with van der Waals surface area (Å²) in [6.07, 6.45) is 0.807. The lowest BCUT2D eigenvalue weighted by molar-refractivity contribution is 0.0189. The molecule has 4 heterocycles. The fourth-order valence-electron chi connectivity index (χ4n) is 5.85. The van der Waals surface area contributed by atoms with E-state index < -0.39 is 0 Å². The number of hydrogen-bond acceptors (Lipinski definition) is 5. The standard InChI is InChI=1S/C26H27N3O3/c1-15-24-21(14-32-15)18-11-17(7-8-22(18)28-25(24)27)26(30)29-12-19(16-5-3-2-4-6-16)20-13-31-10-9-23(20)29/h2-8,11,15,19-20,23H,9-10,12-14H2,1H3,(H2,27,28)/t15-,19?,20?,23?/m1/s1. The van der Waals surface area contributed by atoms with Crippen LogP contribution in [-0.4, -0.2) is 41.6 Å². The predicted octanol–water partition coefficient (Wildman–Crippen LogP) is 4.05. The Labute approximate surface area is 187 Å². The molecule has 1 aromatic heterocycles. The summed E-state index contributed by atoms with van der Waals surface area (Å²) in [6.45, 7) is 4.62. The summed E-state index contributed by atoms with van der Waals surface area (Å²) >= 11 is 0. The quantitative estimate of drug-likeness (QED) is 0.665. The summed E-state index contributed by atoms with van der Waals surface area (Å²) in [5.41, 5.74) is 11.0. The van der Waals surface area contributed by atoms with E-state index in [-0.39, 0.29) is 18.1 Å². The Morgan fingerprint density at radius 2 is 2.03 bits per heavy atom. The molecule has 2 saturated heterocycles. The number of nitrogens with two attached hydrogens (primary N) is 1. The molecule has 3 aliphatic heterocycles. The van der Waals surface area contributed by atoms with E-state index in [0.717, 1.165) is 35.0 Å². The lowest BCUT2D eigenvalue weighted by Gasteiger charge is -2.32. The molecule has 3 aliphatic rings. The van der Waals surface area contributed by atoms with Gasteiger partial charge in [0.25, 0.3) is 5.91 Å². The molecule has 6 nitrogen and oxygen atoms in total. The van der Waals surface area contributed by atoms with E-state index in [0.29, 0.717) is 43.0 Å². The first-order valence-electron chi connectivity index (χ1n) is 11.4. The number of carbonyl (C=O) groups excluding carboxylic acids is 1. The van der Waals surface area contributed by atoms with Crippen molar-refractivity contribution < 1.29 is 14.3 Å².